The molecule has 0 bridgehead atoms. The number of aliphatic hydroxyl groups is 1. The van der Waals surface area contributed by atoms with Crippen LogP contribution in [0.3, 0.4) is 0 Å². The maximum atomic E-state index is 13.4. The number of anilines is 1. The summed E-state index contributed by atoms with van der Waals surface area (Å²) >= 11 is 0. The molecule has 0 heterocycles. The quantitative estimate of drug-likeness (QED) is 0.273. The van der Waals surface area contributed by atoms with Gasteiger partial charge in [-0.1, -0.05) is 103 Å². The minimum Gasteiger partial charge on any atom is -0.392 e. The van der Waals surface area contributed by atoms with E-state index in [9.17, 15) is 14.7 Å². The average Bonchev–Trinajstić information content (AvgIpc) is 2.93. The number of amides is 2. The van der Waals surface area contributed by atoms with Gasteiger partial charge in [0, 0.05) is 5.69 Å². The zero-order valence-corrected chi connectivity index (χ0v) is 19.8. The van der Waals surface area contributed by atoms with Gasteiger partial charge in [0.25, 0.3) is 0 Å². The minimum absolute atomic E-state index is 0.0834. The number of hydrogen-bond acceptors (Lipinski definition) is 4. The molecule has 0 aromatic heterocycles. The van der Waals surface area contributed by atoms with E-state index in [0.717, 1.165) is 22.3 Å². The van der Waals surface area contributed by atoms with Gasteiger partial charge in [0.1, 0.15) is 5.54 Å². The molecule has 36 heavy (non-hydrogen) atoms. The van der Waals surface area contributed by atoms with Crippen LogP contribution in [0.2, 0.25) is 0 Å². The Bertz CT molecular complexity index is 1180. The Morgan fingerprint density at radius 3 is 1.58 bits per heavy atom. The van der Waals surface area contributed by atoms with Gasteiger partial charge < -0.3 is 21.5 Å². The second-order valence-corrected chi connectivity index (χ2v) is 8.55. The Morgan fingerprint density at radius 1 is 0.722 bits per heavy atom. The van der Waals surface area contributed by atoms with Crippen LogP contribution in [0.1, 0.15) is 28.7 Å². The molecule has 0 aliphatic heterocycles. The summed E-state index contributed by atoms with van der Waals surface area (Å²) < 4.78 is 0. The van der Waals surface area contributed by atoms with Gasteiger partial charge in [-0.15, -0.1) is 0 Å². The van der Waals surface area contributed by atoms with Crippen LogP contribution in [0.15, 0.2) is 115 Å². The van der Waals surface area contributed by atoms with Crippen LogP contribution in [0.5, 0.6) is 0 Å². The summed E-state index contributed by atoms with van der Waals surface area (Å²) in [6, 6.07) is 35.0. The number of benzene rings is 4. The van der Waals surface area contributed by atoms with Crippen molar-refractivity contribution < 1.29 is 14.7 Å². The van der Waals surface area contributed by atoms with Crippen molar-refractivity contribution in [3.8, 4) is 0 Å². The first-order valence-corrected chi connectivity index (χ1v) is 11.8. The van der Waals surface area contributed by atoms with Gasteiger partial charge in [-0.3, -0.25) is 9.59 Å². The normalized spacial score (nSPS) is 11.9. The van der Waals surface area contributed by atoms with Crippen molar-refractivity contribution in [2.24, 2.45) is 5.73 Å². The number of carbonyl (C=O) groups is 2. The fourth-order valence-corrected chi connectivity index (χ4v) is 4.26. The molecule has 2 amide bonds. The number of nitrogens with one attached hydrogen (secondary N) is 2. The summed E-state index contributed by atoms with van der Waals surface area (Å²) in [6.45, 7) is -0.0834. The molecule has 0 saturated heterocycles. The molecule has 182 valence electrons. The highest BCUT2D eigenvalue weighted by Crippen LogP contribution is 2.36. The molecule has 0 radical (unpaired) electrons. The molecular formula is C30H29N3O3. The van der Waals surface area contributed by atoms with Crippen LogP contribution in [0.25, 0.3) is 0 Å². The summed E-state index contributed by atoms with van der Waals surface area (Å²) in [5.74, 6) is -0.823. The number of hydrogen-bond donors (Lipinski definition) is 4. The van der Waals surface area contributed by atoms with E-state index in [1.165, 1.54) is 0 Å². The van der Waals surface area contributed by atoms with Crippen molar-refractivity contribution in [3.63, 3.8) is 0 Å². The Balaban J connectivity index is 1.61. The van der Waals surface area contributed by atoms with Crippen LogP contribution < -0.4 is 16.4 Å². The van der Waals surface area contributed by atoms with Gasteiger partial charge in [0.2, 0.25) is 11.8 Å². The SMILES string of the molecule is NC(CC(=O)NC(c1ccccc1)(c1ccccc1)c1ccccc1)C(=O)Nc1ccc(CO)cc1. The van der Waals surface area contributed by atoms with Crippen molar-refractivity contribution >= 4 is 17.5 Å². The van der Waals surface area contributed by atoms with Crippen molar-refractivity contribution in [2.45, 2.75) is 24.6 Å². The standard InChI is InChI=1S/C30H29N3O3/c31-27(29(36)32-26-18-16-22(21-34)17-19-26)20-28(35)33-30(23-10-4-1-5-11-23,24-12-6-2-7-13-24)25-14-8-3-9-15-25/h1-19,27,34H,20-21,31H2,(H,32,36)(H,33,35). The van der Waals surface area contributed by atoms with Gasteiger partial charge in [0.05, 0.1) is 19.1 Å². The van der Waals surface area contributed by atoms with Gasteiger partial charge in [-0.05, 0) is 34.4 Å². The van der Waals surface area contributed by atoms with Gasteiger partial charge in [-0.25, -0.2) is 0 Å². The minimum atomic E-state index is -1.05. The van der Waals surface area contributed by atoms with Gasteiger partial charge in [-0.2, -0.15) is 0 Å². The maximum Gasteiger partial charge on any atom is 0.241 e. The van der Waals surface area contributed by atoms with Crippen molar-refractivity contribution in [1.82, 2.24) is 5.32 Å². The van der Waals surface area contributed by atoms with Crippen LogP contribution >= 0.6 is 0 Å². The van der Waals surface area contributed by atoms with Crippen LogP contribution in [0, 0.1) is 0 Å². The zero-order valence-electron chi connectivity index (χ0n) is 19.8. The second-order valence-electron chi connectivity index (χ2n) is 8.55. The third kappa shape index (κ3) is 5.51. The molecule has 0 aliphatic rings. The lowest BCUT2D eigenvalue weighted by Crippen LogP contribution is -2.50. The van der Waals surface area contributed by atoms with E-state index < -0.39 is 17.5 Å². The van der Waals surface area contributed by atoms with E-state index in [-0.39, 0.29) is 18.9 Å². The van der Waals surface area contributed by atoms with Gasteiger partial charge in [0.15, 0.2) is 0 Å². The van der Waals surface area contributed by atoms with E-state index in [1.807, 2.05) is 91.0 Å². The zero-order chi connectivity index (χ0) is 25.4. The molecule has 0 fully saturated rings. The van der Waals surface area contributed by atoms with E-state index in [1.54, 1.807) is 24.3 Å². The molecule has 6 heteroatoms. The molecule has 0 aliphatic carbocycles. The predicted molar refractivity (Wildman–Crippen MR) is 141 cm³/mol. The maximum absolute atomic E-state index is 13.4. The van der Waals surface area contributed by atoms with Crippen LogP contribution in [-0.4, -0.2) is 23.0 Å². The summed E-state index contributed by atoms with van der Waals surface area (Å²) in [5, 5.41) is 15.1. The number of rotatable bonds is 9. The third-order valence-corrected chi connectivity index (χ3v) is 6.09. The van der Waals surface area contributed by atoms with Crippen molar-refractivity contribution in [2.75, 3.05) is 5.32 Å². The summed E-state index contributed by atoms with van der Waals surface area (Å²) in [5.41, 5.74) is 9.10. The smallest absolute Gasteiger partial charge is 0.241 e. The van der Waals surface area contributed by atoms with Crippen LogP contribution in [-0.2, 0) is 21.7 Å². The number of carbonyl (C=O) groups excluding carboxylic acids is 2. The fourth-order valence-electron chi connectivity index (χ4n) is 4.26. The topological polar surface area (TPSA) is 104 Å². The Kier molecular flexibility index (Phi) is 7.90. The lowest BCUT2D eigenvalue weighted by Gasteiger charge is -2.37. The monoisotopic (exact) mass is 479 g/mol. The highest BCUT2D eigenvalue weighted by molar-refractivity contribution is 5.97. The highest BCUT2D eigenvalue weighted by Gasteiger charge is 2.38. The van der Waals surface area contributed by atoms with Crippen LogP contribution in [0.4, 0.5) is 5.69 Å². The lowest BCUT2D eigenvalue weighted by atomic mass is 9.77. The summed E-state index contributed by atoms with van der Waals surface area (Å²) in [7, 11) is 0. The molecule has 1 atom stereocenters. The molecule has 5 N–H and O–H groups in total. The van der Waals surface area contributed by atoms with Crippen molar-refractivity contribution in [3.05, 3.63) is 138 Å². The van der Waals surface area contributed by atoms with E-state index in [2.05, 4.69) is 10.6 Å². The first-order valence-electron chi connectivity index (χ1n) is 11.8. The largest absolute Gasteiger partial charge is 0.392 e. The van der Waals surface area contributed by atoms with E-state index >= 15 is 0 Å². The molecule has 1 unspecified atom stereocenters. The van der Waals surface area contributed by atoms with E-state index in [4.69, 9.17) is 5.73 Å². The van der Waals surface area contributed by atoms with E-state index in [0.29, 0.717) is 5.69 Å². The molecule has 6 nitrogen and oxygen atoms in total. The Morgan fingerprint density at radius 2 is 1.17 bits per heavy atom. The summed E-state index contributed by atoms with van der Waals surface area (Å²) in [6.07, 6.45) is -0.200. The molecule has 0 spiro atoms. The molecular weight excluding hydrogens is 450 g/mol. The summed E-state index contributed by atoms with van der Waals surface area (Å²) in [4.78, 5) is 26.1. The first kappa shape index (κ1) is 24.9. The lowest BCUT2D eigenvalue weighted by molar-refractivity contribution is -0.126. The number of nitrogens with two attached hydrogens (primary N) is 1. The molecule has 4 aromatic carbocycles. The Hall–Kier alpha value is -4.26. The molecule has 4 aromatic rings. The Labute approximate surface area is 210 Å². The highest BCUT2D eigenvalue weighted by atomic mass is 16.3. The number of aliphatic hydroxyl groups excluding tert-OH is 1. The molecule has 4 rings (SSSR count). The second kappa shape index (κ2) is 11.4. The predicted octanol–water partition coefficient (Wildman–Crippen LogP) is 3.94. The van der Waals surface area contributed by atoms with Gasteiger partial charge >= 0.3 is 0 Å². The average molecular weight is 480 g/mol. The fraction of sp³-hybridized carbons (Fsp3) is 0.133. The van der Waals surface area contributed by atoms with Crippen molar-refractivity contribution in [1.29, 1.82) is 0 Å². The third-order valence-electron chi connectivity index (χ3n) is 6.09. The molecule has 0 saturated carbocycles. The first-order chi connectivity index (χ1) is 17.5.